The molecule has 1 fully saturated rings. The molecule has 1 aliphatic heterocycles. The molecule has 1 aliphatic rings. The summed E-state index contributed by atoms with van der Waals surface area (Å²) in [5, 5.41) is 4.47. The molecule has 5 nitrogen and oxygen atoms in total. The largest absolute Gasteiger partial charge is 0.339 e. The number of anilines is 1. The van der Waals surface area contributed by atoms with Crippen molar-refractivity contribution in [2.75, 3.05) is 11.4 Å². The SMILES string of the molecule is O=C1CC(c2nc(-c3ccc(F)c(Cl)c3)no2)CN1c1cccc(Cl)c1. The third kappa shape index (κ3) is 3.18. The van der Waals surface area contributed by atoms with Crippen LogP contribution < -0.4 is 4.90 Å². The van der Waals surface area contributed by atoms with Crippen molar-refractivity contribution in [1.82, 2.24) is 10.1 Å². The Bertz CT molecular complexity index is 992. The Morgan fingerprint density at radius 2 is 2.04 bits per heavy atom. The molecule has 1 amide bonds. The molecule has 0 aliphatic carbocycles. The minimum Gasteiger partial charge on any atom is -0.339 e. The average Bonchev–Trinajstić information content (AvgIpc) is 3.24. The monoisotopic (exact) mass is 391 g/mol. The smallest absolute Gasteiger partial charge is 0.232 e. The minimum atomic E-state index is -0.516. The molecule has 0 spiro atoms. The summed E-state index contributed by atoms with van der Waals surface area (Å²) in [5.74, 6) is -0.118. The van der Waals surface area contributed by atoms with Crippen LogP contribution in [0.5, 0.6) is 0 Å². The van der Waals surface area contributed by atoms with Crippen LogP contribution in [0.2, 0.25) is 10.0 Å². The summed E-state index contributed by atoms with van der Waals surface area (Å²) >= 11 is 11.8. The van der Waals surface area contributed by atoms with E-state index in [0.717, 1.165) is 5.69 Å². The number of carbonyl (C=O) groups is 1. The highest BCUT2D eigenvalue weighted by molar-refractivity contribution is 6.31. The number of aromatic nitrogens is 2. The van der Waals surface area contributed by atoms with Crippen molar-refractivity contribution in [3.05, 3.63) is 64.2 Å². The van der Waals surface area contributed by atoms with E-state index in [4.69, 9.17) is 27.7 Å². The van der Waals surface area contributed by atoms with Crippen molar-refractivity contribution >= 4 is 34.8 Å². The molecular weight excluding hydrogens is 380 g/mol. The van der Waals surface area contributed by atoms with Gasteiger partial charge in [-0.25, -0.2) is 4.39 Å². The van der Waals surface area contributed by atoms with Crippen LogP contribution in [0.15, 0.2) is 47.0 Å². The van der Waals surface area contributed by atoms with E-state index >= 15 is 0 Å². The first-order valence-corrected chi connectivity index (χ1v) is 8.62. The van der Waals surface area contributed by atoms with E-state index in [9.17, 15) is 9.18 Å². The van der Waals surface area contributed by atoms with Gasteiger partial charge in [0.1, 0.15) is 5.82 Å². The summed E-state index contributed by atoms with van der Waals surface area (Å²) in [4.78, 5) is 18.4. The van der Waals surface area contributed by atoms with E-state index in [1.54, 1.807) is 23.1 Å². The van der Waals surface area contributed by atoms with Crippen LogP contribution in [0.3, 0.4) is 0 Å². The molecule has 0 N–H and O–H groups in total. The van der Waals surface area contributed by atoms with Gasteiger partial charge in [-0.1, -0.05) is 34.4 Å². The molecule has 1 aromatic heterocycles. The van der Waals surface area contributed by atoms with Crippen molar-refractivity contribution < 1.29 is 13.7 Å². The van der Waals surface area contributed by atoms with E-state index < -0.39 is 5.82 Å². The number of amides is 1. The number of rotatable bonds is 3. The first-order valence-electron chi connectivity index (χ1n) is 7.86. The average molecular weight is 392 g/mol. The molecule has 8 heteroatoms. The Labute approximate surface area is 158 Å². The molecule has 0 saturated carbocycles. The fourth-order valence-electron chi connectivity index (χ4n) is 2.92. The summed E-state index contributed by atoms with van der Waals surface area (Å²) in [6.07, 6.45) is 0.262. The number of nitrogens with zero attached hydrogens (tertiary/aromatic N) is 3. The van der Waals surface area contributed by atoms with Crippen molar-refractivity contribution in [1.29, 1.82) is 0 Å². The molecule has 3 aromatic rings. The first-order chi connectivity index (χ1) is 12.5. The van der Waals surface area contributed by atoms with Crippen LogP contribution in [0, 0.1) is 5.82 Å². The van der Waals surface area contributed by atoms with Gasteiger partial charge in [-0.05, 0) is 36.4 Å². The maximum Gasteiger partial charge on any atom is 0.232 e. The number of hydrogen-bond acceptors (Lipinski definition) is 4. The Morgan fingerprint density at radius 3 is 2.81 bits per heavy atom. The van der Waals surface area contributed by atoms with Gasteiger partial charge in [0.05, 0.1) is 10.9 Å². The summed E-state index contributed by atoms with van der Waals surface area (Å²) < 4.78 is 18.6. The molecule has 1 atom stereocenters. The third-order valence-electron chi connectivity index (χ3n) is 4.21. The summed E-state index contributed by atoms with van der Waals surface area (Å²) in [5.41, 5.74) is 1.28. The van der Waals surface area contributed by atoms with Crippen molar-refractivity contribution in [3.63, 3.8) is 0 Å². The molecule has 0 bridgehead atoms. The van der Waals surface area contributed by atoms with Gasteiger partial charge >= 0.3 is 0 Å². The van der Waals surface area contributed by atoms with Gasteiger partial charge in [-0.2, -0.15) is 4.98 Å². The number of halogens is 3. The molecule has 1 saturated heterocycles. The fourth-order valence-corrected chi connectivity index (χ4v) is 3.29. The third-order valence-corrected chi connectivity index (χ3v) is 4.74. The highest BCUT2D eigenvalue weighted by Gasteiger charge is 2.35. The predicted octanol–water partition coefficient (Wildman–Crippen LogP) is 4.70. The maximum absolute atomic E-state index is 13.3. The molecule has 4 rings (SSSR count). The topological polar surface area (TPSA) is 59.2 Å². The van der Waals surface area contributed by atoms with Gasteiger partial charge in [0.25, 0.3) is 0 Å². The first kappa shape index (κ1) is 17.0. The van der Waals surface area contributed by atoms with E-state index in [1.807, 2.05) is 6.07 Å². The number of carbonyl (C=O) groups excluding carboxylic acids is 1. The normalized spacial score (nSPS) is 17.1. The summed E-state index contributed by atoms with van der Waals surface area (Å²) in [6, 6.07) is 11.3. The Balaban J connectivity index is 1.57. The maximum atomic E-state index is 13.3. The van der Waals surface area contributed by atoms with Gasteiger partial charge in [0.15, 0.2) is 0 Å². The van der Waals surface area contributed by atoms with Crippen LogP contribution in [0.4, 0.5) is 10.1 Å². The van der Waals surface area contributed by atoms with E-state index in [0.29, 0.717) is 28.8 Å². The van der Waals surface area contributed by atoms with E-state index in [-0.39, 0.29) is 23.3 Å². The van der Waals surface area contributed by atoms with Gasteiger partial charge in [-0.3, -0.25) is 4.79 Å². The second-order valence-corrected chi connectivity index (χ2v) is 6.81. The molecule has 1 unspecified atom stereocenters. The van der Waals surface area contributed by atoms with E-state index in [2.05, 4.69) is 10.1 Å². The second kappa shape index (κ2) is 6.70. The Kier molecular flexibility index (Phi) is 4.38. The lowest BCUT2D eigenvalue weighted by molar-refractivity contribution is -0.117. The van der Waals surface area contributed by atoms with Crippen LogP contribution in [-0.2, 0) is 4.79 Å². The molecule has 132 valence electrons. The van der Waals surface area contributed by atoms with Crippen LogP contribution in [0.25, 0.3) is 11.4 Å². The zero-order chi connectivity index (χ0) is 18.3. The minimum absolute atomic E-state index is 0.0166. The number of hydrogen-bond donors (Lipinski definition) is 0. The summed E-state index contributed by atoms with van der Waals surface area (Å²) in [6.45, 7) is 0.422. The van der Waals surface area contributed by atoms with Gasteiger partial charge < -0.3 is 9.42 Å². The van der Waals surface area contributed by atoms with Crippen molar-refractivity contribution in [2.45, 2.75) is 12.3 Å². The number of benzene rings is 2. The highest BCUT2D eigenvalue weighted by atomic mass is 35.5. The van der Waals surface area contributed by atoms with Gasteiger partial charge in [-0.15, -0.1) is 0 Å². The lowest BCUT2D eigenvalue weighted by atomic mass is 10.1. The second-order valence-electron chi connectivity index (χ2n) is 5.97. The molecule has 26 heavy (non-hydrogen) atoms. The van der Waals surface area contributed by atoms with Gasteiger partial charge in [0, 0.05) is 29.2 Å². The highest BCUT2D eigenvalue weighted by Crippen LogP contribution is 2.33. The lowest BCUT2D eigenvalue weighted by Gasteiger charge is -2.16. The van der Waals surface area contributed by atoms with E-state index in [1.165, 1.54) is 18.2 Å². The van der Waals surface area contributed by atoms with Crippen molar-refractivity contribution in [2.24, 2.45) is 0 Å². The van der Waals surface area contributed by atoms with Gasteiger partial charge in [0.2, 0.25) is 17.6 Å². The zero-order valence-corrected chi connectivity index (χ0v) is 14.8. The lowest BCUT2D eigenvalue weighted by Crippen LogP contribution is -2.24. The molecular formula is C18H12Cl2FN3O2. The van der Waals surface area contributed by atoms with Crippen LogP contribution in [0.1, 0.15) is 18.2 Å². The standard InChI is InChI=1S/C18H12Cl2FN3O2/c19-12-2-1-3-13(8-12)24-9-11(7-16(24)25)18-22-17(23-26-18)10-4-5-15(21)14(20)6-10/h1-6,8,11H,7,9H2. The molecule has 2 aromatic carbocycles. The fraction of sp³-hybridized carbons (Fsp3) is 0.167. The molecule has 0 radical (unpaired) electrons. The predicted molar refractivity (Wildman–Crippen MR) is 95.9 cm³/mol. The van der Waals surface area contributed by atoms with Crippen LogP contribution >= 0.6 is 23.2 Å². The quantitative estimate of drug-likeness (QED) is 0.648. The zero-order valence-electron chi connectivity index (χ0n) is 13.3. The molecule has 2 heterocycles. The Hall–Kier alpha value is -2.44. The summed E-state index contributed by atoms with van der Waals surface area (Å²) in [7, 11) is 0. The van der Waals surface area contributed by atoms with Crippen LogP contribution in [-0.4, -0.2) is 22.6 Å². The van der Waals surface area contributed by atoms with Crippen molar-refractivity contribution in [3.8, 4) is 11.4 Å². The Morgan fingerprint density at radius 1 is 1.19 bits per heavy atom.